The quantitative estimate of drug-likeness (QED) is 0.908. The molecular weight excluding hydrogens is 272 g/mol. The SMILES string of the molecule is Cc1ncsc1CCN1CCCC(C(C)(C)C(=O)O)C1. The summed E-state index contributed by atoms with van der Waals surface area (Å²) in [5, 5.41) is 9.37. The number of aromatic nitrogens is 1. The molecule has 1 unspecified atom stereocenters. The fourth-order valence-electron chi connectivity index (χ4n) is 2.85. The van der Waals surface area contributed by atoms with Gasteiger partial charge in [-0.3, -0.25) is 4.79 Å². The molecule has 0 bridgehead atoms. The number of aryl methyl sites for hydroxylation is 1. The molecule has 0 aromatic carbocycles. The maximum absolute atomic E-state index is 11.4. The van der Waals surface area contributed by atoms with Gasteiger partial charge in [0.05, 0.1) is 16.6 Å². The van der Waals surface area contributed by atoms with Crippen LogP contribution in [-0.4, -0.2) is 40.6 Å². The first-order valence-electron chi connectivity index (χ1n) is 7.26. The van der Waals surface area contributed by atoms with E-state index < -0.39 is 11.4 Å². The van der Waals surface area contributed by atoms with Crippen molar-refractivity contribution in [2.45, 2.75) is 40.0 Å². The van der Waals surface area contributed by atoms with Gasteiger partial charge in [0, 0.05) is 18.0 Å². The molecule has 5 heteroatoms. The molecule has 1 atom stereocenters. The van der Waals surface area contributed by atoms with Crippen LogP contribution < -0.4 is 0 Å². The fraction of sp³-hybridized carbons (Fsp3) is 0.733. The Morgan fingerprint density at radius 2 is 2.35 bits per heavy atom. The lowest BCUT2D eigenvalue weighted by Gasteiger charge is -2.39. The van der Waals surface area contributed by atoms with Crippen LogP contribution in [0.25, 0.3) is 0 Å². The average molecular weight is 296 g/mol. The van der Waals surface area contributed by atoms with Crippen LogP contribution in [0.5, 0.6) is 0 Å². The van der Waals surface area contributed by atoms with Gasteiger partial charge in [0.15, 0.2) is 0 Å². The van der Waals surface area contributed by atoms with Crippen molar-refractivity contribution in [1.82, 2.24) is 9.88 Å². The lowest BCUT2D eigenvalue weighted by Crippen LogP contribution is -2.45. The van der Waals surface area contributed by atoms with Gasteiger partial charge in [-0.05, 0) is 52.5 Å². The van der Waals surface area contributed by atoms with Gasteiger partial charge in [0.2, 0.25) is 0 Å². The Morgan fingerprint density at radius 3 is 2.95 bits per heavy atom. The lowest BCUT2D eigenvalue weighted by molar-refractivity contribution is -0.151. The number of rotatable bonds is 5. The fourth-order valence-corrected chi connectivity index (χ4v) is 3.62. The predicted molar refractivity (Wildman–Crippen MR) is 81.1 cm³/mol. The minimum atomic E-state index is -0.678. The Balaban J connectivity index is 1.91. The summed E-state index contributed by atoms with van der Waals surface area (Å²) in [5.41, 5.74) is 2.41. The van der Waals surface area contributed by atoms with Crippen LogP contribution in [0.1, 0.15) is 37.3 Å². The van der Waals surface area contributed by atoms with Crippen LogP contribution in [0, 0.1) is 18.3 Å². The van der Waals surface area contributed by atoms with Gasteiger partial charge < -0.3 is 10.0 Å². The topological polar surface area (TPSA) is 53.4 Å². The number of piperidine rings is 1. The lowest BCUT2D eigenvalue weighted by atomic mass is 9.74. The summed E-state index contributed by atoms with van der Waals surface area (Å²) >= 11 is 1.72. The predicted octanol–water partition coefficient (Wildman–Crippen LogP) is 2.82. The number of hydrogen-bond acceptors (Lipinski definition) is 4. The second kappa shape index (κ2) is 6.22. The summed E-state index contributed by atoms with van der Waals surface area (Å²) in [4.78, 5) is 19.4. The van der Waals surface area contributed by atoms with Crippen molar-refractivity contribution in [3.8, 4) is 0 Å². The van der Waals surface area contributed by atoms with Crippen molar-refractivity contribution >= 4 is 17.3 Å². The molecule has 2 rings (SSSR count). The monoisotopic (exact) mass is 296 g/mol. The van der Waals surface area contributed by atoms with Crippen molar-refractivity contribution in [2.75, 3.05) is 19.6 Å². The maximum atomic E-state index is 11.4. The molecule has 1 aromatic heterocycles. The van der Waals surface area contributed by atoms with Crippen LogP contribution >= 0.6 is 11.3 Å². The Morgan fingerprint density at radius 1 is 1.60 bits per heavy atom. The molecule has 1 saturated heterocycles. The molecule has 2 heterocycles. The Bertz CT molecular complexity index is 470. The van der Waals surface area contributed by atoms with E-state index in [1.54, 1.807) is 11.3 Å². The summed E-state index contributed by atoms with van der Waals surface area (Å²) in [5.74, 6) is -0.432. The molecule has 0 aliphatic carbocycles. The summed E-state index contributed by atoms with van der Waals surface area (Å²) in [6, 6.07) is 0. The van der Waals surface area contributed by atoms with E-state index >= 15 is 0 Å². The largest absolute Gasteiger partial charge is 0.481 e. The number of carboxylic acid groups (broad SMARTS) is 1. The van der Waals surface area contributed by atoms with Gasteiger partial charge in [-0.25, -0.2) is 4.98 Å². The third kappa shape index (κ3) is 3.38. The minimum absolute atomic E-state index is 0.247. The van der Waals surface area contributed by atoms with E-state index in [1.807, 2.05) is 19.4 Å². The highest BCUT2D eigenvalue weighted by Crippen LogP contribution is 2.34. The van der Waals surface area contributed by atoms with Crippen molar-refractivity contribution in [2.24, 2.45) is 11.3 Å². The second-order valence-corrected chi connectivity index (χ2v) is 7.22. The molecule has 0 saturated carbocycles. The number of carboxylic acids is 1. The number of likely N-dealkylation sites (tertiary alicyclic amines) is 1. The molecule has 0 radical (unpaired) electrons. The molecule has 1 aliphatic rings. The van der Waals surface area contributed by atoms with Crippen molar-refractivity contribution in [1.29, 1.82) is 0 Å². The molecule has 0 spiro atoms. The number of carbonyl (C=O) groups is 1. The zero-order chi connectivity index (χ0) is 14.8. The molecule has 1 N–H and O–H groups in total. The molecule has 1 fully saturated rings. The zero-order valence-corrected chi connectivity index (χ0v) is 13.4. The smallest absolute Gasteiger partial charge is 0.309 e. The number of hydrogen-bond donors (Lipinski definition) is 1. The first-order chi connectivity index (χ1) is 9.41. The third-order valence-corrected chi connectivity index (χ3v) is 5.57. The summed E-state index contributed by atoms with van der Waals surface area (Å²) in [6.07, 6.45) is 3.15. The van der Waals surface area contributed by atoms with E-state index in [1.165, 1.54) is 4.88 Å². The van der Waals surface area contributed by atoms with E-state index in [2.05, 4.69) is 16.8 Å². The summed E-state index contributed by atoms with van der Waals surface area (Å²) < 4.78 is 0. The maximum Gasteiger partial charge on any atom is 0.309 e. The van der Waals surface area contributed by atoms with Gasteiger partial charge >= 0.3 is 5.97 Å². The van der Waals surface area contributed by atoms with Crippen LogP contribution in [0.3, 0.4) is 0 Å². The molecular formula is C15H24N2O2S. The Hall–Kier alpha value is -0.940. The normalized spacial score (nSPS) is 21.1. The first-order valence-corrected chi connectivity index (χ1v) is 8.14. The van der Waals surface area contributed by atoms with E-state index in [-0.39, 0.29) is 5.92 Å². The highest BCUT2D eigenvalue weighted by molar-refractivity contribution is 7.09. The molecule has 1 aromatic rings. The molecule has 0 amide bonds. The van der Waals surface area contributed by atoms with Crippen molar-refractivity contribution < 1.29 is 9.90 Å². The van der Waals surface area contributed by atoms with Crippen molar-refractivity contribution in [3.63, 3.8) is 0 Å². The zero-order valence-electron chi connectivity index (χ0n) is 12.6. The second-order valence-electron chi connectivity index (χ2n) is 6.28. The third-order valence-electron chi connectivity index (χ3n) is 4.58. The van der Waals surface area contributed by atoms with Gasteiger partial charge in [0.25, 0.3) is 0 Å². The van der Waals surface area contributed by atoms with E-state index in [9.17, 15) is 9.90 Å². The summed E-state index contributed by atoms with van der Waals surface area (Å²) in [6.45, 7) is 8.77. The molecule has 4 nitrogen and oxygen atoms in total. The number of aliphatic carboxylic acids is 1. The number of nitrogens with zero attached hydrogens (tertiary/aromatic N) is 2. The van der Waals surface area contributed by atoms with E-state index in [0.29, 0.717) is 0 Å². The van der Waals surface area contributed by atoms with Crippen LogP contribution in [0.2, 0.25) is 0 Å². The van der Waals surface area contributed by atoms with Crippen molar-refractivity contribution in [3.05, 3.63) is 16.1 Å². The highest BCUT2D eigenvalue weighted by atomic mass is 32.1. The Kier molecular flexibility index (Phi) is 4.81. The molecule has 112 valence electrons. The molecule has 1 aliphatic heterocycles. The van der Waals surface area contributed by atoms with E-state index in [4.69, 9.17) is 0 Å². The number of thiazole rings is 1. The Labute approximate surface area is 124 Å². The van der Waals surface area contributed by atoms with Crippen LogP contribution in [-0.2, 0) is 11.2 Å². The standard InChI is InChI=1S/C15H24N2O2S/c1-11-13(20-10-16-11)6-8-17-7-4-5-12(9-17)15(2,3)14(18)19/h10,12H,4-9H2,1-3H3,(H,18,19). The summed E-state index contributed by atoms with van der Waals surface area (Å²) in [7, 11) is 0. The van der Waals surface area contributed by atoms with E-state index in [0.717, 1.165) is 44.6 Å². The van der Waals surface area contributed by atoms with Crippen LogP contribution in [0.15, 0.2) is 5.51 Å². The first kappa shape index (κ1) is 15.4. The highest BCUT2D eigenvalue weighted by Gasteiger charge is 2.38. The van der Waals surface area contributed by atoms with Gasteiger partial charge in [-0.2, -0.15) is 0 Å². The minimum Gasteiger partial charge on any atom is -0.481 e. The average Bonchev–Trinajstić information content (AvgIpc) is 2.82. The van der Waals surface area contributed by atoms with Gasteiger partial charge in [0.1, 0.15) is 0 Å². The van der Waals surface area contributed by atoms with Gasteiger partial charge in [-0.1, -0.05) is 0 Å². The van der Waals surface area contributed by atoms with Crippen LogP contribution in [0.4, 0.5) is 0 Å². The molecule has 20 heavy (non-hydrogen) atoms. The van der Waals surface area contributed by atoms with Gasteiger partial charge in [-0.15, -0.1) is 11.3 Å².